The predicted molar refractivity (Wildman–Crippen MR) is 70.2 cm³/mol. The van der Waals surface area contributed by atoms with Gasteiger partial charge in [-0.3, -0.25) is 9.48 Å². The minimum absolute atomic E-state index is 0.0869. The van der Waals surface area contributed by atoms with Crippen LogP contribution in [0.2, 0.25) is 0 Å². The van der Waals surface area contributed by atoms with Gasteiger partial charge in [0.05, 0.1) is 18.8 Å². The van der Waals surface area contributed by atoms with Crippen molar-refractivity contribution in [1.82, 2.24) is 9.78 Å². The van der Waals surface area contributed by atoms with Crippen LogP contribution in [0.3, 0.4) is 0 Å². The molecule has 1 heterocycles. The van der Waals surface area contributed by atoms with Gasteiger partial charge in [-0.1, -0.05) is 13.3 Å². The molecule has 0 atom stereocenters. The summed E-state index contributed by atoms with van der Waals surface area (Å²) in [5.41, 5.74) is 6.82. The average molecular weight is 254 g/mol. The number of aliphatic hydroxyl groups excluding tert-OH is 1. The molecular weight excluding hydrogens is 232 g/mol. The van der Waals surface area contributed by atoms with Crippen molar-refractivity contribution in [2.24, 2.45) is 12.8 Å². The molecule has 0 aliphatic rings. The summed E-state index contributed by atoms with van der Waals surface area (Å²) in [5.74, 6) is 0.399. The zero-order valence-corrected chi connectivity index (χ0v) is 11.3. The first-order valence-electron chi connectivity index (χ1n) is 6.17. The Morgan fingerprint density at radius 1 is 1.56 bits per heavy atom. The highest BCUT2D eigenvalue weighted by molar-refractivity contribution is 5.79. The van der Waals surface area contributed by atoms with Crippen molar-refractivity contribution in [3.05, 3.63) is 11.3 Å². The molecule has 0 aliphatic carbocycles. The Labute approximate surface area is 107 Å². The molecule has 1 amide bonds. The summed E-state index contributed by atoms with van der Waals surface area (Å²) in [5, 5.41) is 13.7. The molecule has 102 valence electrons. The number of primary amides is 1. The van der Waals surface area contributed by atoms with Crippen LogP contribution in [0, 0.1) is 6.92 Å². The summed E-state index contributed by atoms with van der Waals surface area (Å²) >= 11 is 0. The van der Waals surface area contributed by atoms with Crippen molar-refractivity contribution in [3.8, 4) is 0 Å². The Bertz CT molecular complexity index is 414. The average Bonchev–Trinajstić information content (AvgIpc) is 2.58. The van der Waals surface area contributed by atoms with Gasteiger partial charge in [-0.25, -0.2) is 0 Å². The molecule has 0 aliphatic heterocycles. The van der Waals surface area contributed by atoms with Gasteiger partial charge in [0.25, 0.3) is 0 Å². The highest BCUT2D eigenvalue weighted by Gasteiger charge is 2.19. The first-order chi connectivity index (χ1) is 8.51. The molecule has 0 fully saturated rings. The lowest BCUT2D eigenvalue weighted by Gasteiger charge is -2.24. The molecule has 3 N–H and O–H groups in total. The number of amides is 1. The third-order valence-electron chi connectivity index (χ3n) is 2.90. The lowest BCUT2D eigenvalue weighted by atomic mass is 10.2. The van der Waals surface area contributed by atoms with Crippen molar-refractivity contribution < 1.29 is 9.90 Å². The van der Waals surface area contributed by atoms with Crippen LogP contribution in [-0.2, 0) is 18.4 Å². The SMILES string of the molecule is CCCCN(CC(N)=O)c1c(CO)c(C)nn1C. The van der Waals surface area contributed by atoms with E-state index in [1.807, 2.05) is 11.8 Å². The molecular formula is C12H22N4O2. The molecule has 0 radical (unpaired) electrons. The molecule has 0 aromatic carbocycles. The van der Waals surface area contributed by atoms with Crippen LogP contribution in [0.4, 0.5) is 5.82 Å². The zero-order chi connectivity index (χ0) is 13.7. The topological polar surface area (TPSA) is 84.4 Å². The number of nitrogens with zero attached hydrogens (tertiary/aromatic N) is 3. The maximum absolute atomic E-state index is 11.2. The maximum atomic E-state index is 11.2. The number of aryl methyl sites for hydroxylation is 2. The number of rotatable bonds is 7. The molecule has 6 nitrogen and oxygen atoms in total. The van der Waals surface area contributed by atoms with Crippen molar-refractivity contribution in [2.45, 2.75) is 33.3 Å². The van der Waals surface area contributed by atoms with Gasteiger partial charge < -0.3 is 15.7 Å². The van der Waals surface area contributed by atoms with E-state index in [-0.39, 0.29) is 19.1 Å². The van der Waals surface area contributed by atoms with Crippen LogP contribution in [-0.4, -0.2) is 33.9 Å². The van der Waals surface area contributed by atoms with E-state index in [1.165, 1.54) is 0 Å². The van der Waals surface area contributed by atoms with Gasteiger partial charge in [0, 0.05) is 19.2 Å². The molecule has 0 unspecified atom stereocenters. The van der Waals surface area contributed by atoms with E-state index in [0.29, 0.717) is 0 Å². The second kappa shape index (κ2) is 6.39. The zero-order valence-electron chi connectivity index (χ0n) is 11.3. The molecule has 0 spiro atoms. The summed E-state index contributed by atoms with van der Waals surface area (Å²) in [6.07, 6.45) is 1.99. The number of aliphatic hydroxyl groups is 1. The van der Waals surface area contributed by atoms with E-state index in [4.69, 9.17) is 5.73 Å². The third-order valence-corrected chi connectivity index (χ3v) is 2.90. The van der Waals surface area contributed by atoms with Crippen molar-refractivity contribution in [3.63, 3.8) is 0 Å². The Morgan fingerprint density at radius 2 is 2.22 bits per heavy atom. The predicted octanol–water partition coefficient (Wildman–Crippen LogP) is 0.313. The van der Waals surface area contributed by atoms with Gasteiger partial charge in [0.1, 0.15) is 5.82 Å². The summed E-state index contributed by atoms with van der Waals surface area (Å²) in [6, 6.07) is 0. The highest BCUT2D eigenvalue weighted by atomic mass is 16.3. The van der Waals surface area contributed by atoms with Gasteiger partial charge in [-0.15, -0.1) is 0 Å². The molecule has 0 saturated heterocycles. The standard InChI is InChI=1S/C12H22N4O2/c1-4-5-6-16(7-11(13)18)12-10(8-17)9(2)14-15(12)3/h17H,4-8H2,1-3H3,(H2,13,18). The van der Waals surface area contributed by atoms with E-state index in [0.717, 1.165) is 36.5 Å². The van der Waals surface area contributed by atoms with Gasteiger partial charge in [-0.05, 0) is 13.3 Å². The Morgan fingerprint density at radius 3 is 2.72 bits per heavy atom. The lowest BCUT2D eigenvalue weighted by Crippen LogP contribution is -2.36. The van der Waals surface area contributed by atoms with Crippen LogP contribution in [0.25, 0.3) is 0 Å². The van der Waals surface area contributed by atoms with Crippen LogP contribution in [0.15, 0.2) is 0 Å². The van der Waals surface area contributed by atoms with E-state index < -0.39 is 0 Å². The third kappa shape index (κ3) is 3.22. The largest absolute Gasteiger partial charge is 0.391 e. The number of carbonyl (C=O) groups is 1. The molecule has 1 rings (SSSR count). The second-order valence-corrected chi connectivity index (χ2v) is 4.41. The number of carbonyl (C=O) groups excluding carboxylic acids is 1. The van der Waals surface area contributed by atoms with Gasteiger partial charge >= 0.3 is 0 Å². The normalized spacial score (nSPS) is 10.7. The number of hydrogen-bond acceptors (Lipinski definition) is 4. The van der Waals surface area contributed by atoms with E-state index in [2.05, 4.69) is 12.0 Å². The van der Waals surface area contributed by atoms with Gasteiger partial charge in [-0.2, -0.15) is 5.10 Å². The molecule has 18 heavy (non-hydrogen) atoms. The fourth-order valence-corrected chi connectivity index (χ4v) is 2.07. The summed E-state index contributed by atoms with van der Waals surface area (Å²) in [4.78, 5) is 13.0. The van der Waals surface area contributed by atoms with Crippen LogP contribution in [0.1, 0.15) is 31.0 Å². The monoisotopic (exact) mass is 254 g/mol. The maximum Gasteiger partial charge on any atom is 0.236 e. The highest BCUT2D eigenvalue weighted by Crippen LogP contribution is 2.23. The molecule has 1 aromatic rings. The molecule has 0 bridgehead atoms. The quantitative estimate of drug-likeness (QED) is 0.733. The first kappa shape index (κ1) is 14.5. The number of anilines is 1. The fraction of sp³-hybridized carbons (Fsp3) is 0.667. The molecule has 0 saturated carbocycles. The van der Waals surface area contributed by atoms with Gasteiger partial charge in [0.15, 0.2) is 0 Å². The number of aromatic nitrogens is 2. The summed E-state index contributed by atoms with van der Waals surface area (Å²) in [7, 11) is 1.81. The van der Waals surface area contributed by atoms with Crippen molar-refractivity contribution >= 4 is 11.7 Å². The summed E-state index contributed by atoms with van der Waals surface area (Å²) < 4.78 is 1.69. The first-order valence-corrected chi connectivity index (χ1v) is 6.17. The molecule has 1 aromatic heterocycles. The fourth-order valence-electron chi connectivity index (χ4n) is 2.07. The van der Waals surface area contributed by atoms with E-state index >= 15 is 0 Å². The number of unbranched alkanes of at least 4 members (excludes halogenated alkanes) is 1. The minimum atomic E-state index is -0.381. The van der Waals surface area contributed by atoms with Crippen LogP contribution in [0.5, 0.6) is 0 Å². The van der Waals surface area contributed by atoms with E-state index in [9.17, 15) is 9.90 Å². The summed E-state index contributed by atoms with van der Waals surface area (Å²) in [6.45, 7) is 4.72. The Balaban J connectivity index is 3.06. The Hall–Kier alpha value is -1.56. The second-order valence-electron chi connectivity index (χ2n) is 4.41. The van der Waals surface area contributed by atoms with Crippen LogP contribution < -0.4 is 10.6 Å². The van der Waals surface area contributed by atoms with Gasteiger partial charge in [0.2, 0.25) is 5.91 Å². The minimum Gasteiger partial charge on any atom is -0.391 e. The lowest BCUT2D eigenvalue weighted by molar-refractivity contribution is -0.116. The van der Waals surface area contributed by atoms with Crippen molar-refractivity contribution in [2.75, 3.05) is 18.0 Å². The van der Waals surface area contributed by atoms with Crippen molar-refractivity contribution in [1.29, 1.82) is 0 Å². The Kier molecular flexibility index (Phi) is 5.15. The van der Waals surface area contributed by atoms with Crippen LogP contribution >= 0.6 is 0 Å². The number of hydrogen-bond donors (Lipinski definition) is 2. The molecule has 6 heteroatoms. The number of nitrogens with two attached hydrogens (primary N) is 1. The smallest absolute Gasteiger partial charge is 0.236 e. The van der Waals surface area contributed by atoms with E-state index in [1.54, 1.807) is 11.7 Å².